The van der Waals surface area contributed by atoms with Gasteiger partial charge in [-0.05, 0) is 38.6 Å². The van der Waals surface area contributed by atoms with Crippen molar-refractivity contribution in [3.05, 3.63) is 65.7 Å². The van der Waals surface area contributed by atoms with Gasteiger partial charge in [-0.2, -0.15) is 0 Å². The van der Waals surface area contributed by atoms with Gasteiger partial charge in [0, 0.05) is 18.5 Å². The Bertz CT molecular complexity index is 656. The van der Waals surface area contributed by atoms with Crippen LogP contribution in [0, 0.1) is 0 Å². The Hall–Kier alpha value is -2.33. The predicted molar refractivity (Wildman–Crippen MR) is 102 cm³/mol. The first kappa shape index (κ1) is 19.0. The van der Waals surface area contributed by atoms with Crippen LogP contribution in [-0.4, -0.2) is 38.6 Å². The van der Waals surface area contributed by atoms with E-state index in [4.69, 9.17) is 4.74 Å². The van der Waals surface area contributed by atoms with Gasteiger partial charge in [0.15, 0.2) is 0 Å². The molecule has 1 atom stereocenters. The molecule has 1 amide bonds. The van der Waals surface area contributed by atoms with Crippen molar-refractivity contribution in [1.29, 1.82) is 0 Å². The summed E-state index contributed by atoms with van der Waals surface area (Å²) in [5.41, 5.74) is 2.36. The Labute approximate surface area is 150 Å². The molecule has 0 aliphatic heterocycles. The number of methoxy groups -OCH3 is 1. The molecule has 0 aliphatic carbocycles. The van der Waals surface area contributed by atoms with Crippen LogP contribution in [0.2, 0.25) is 0 Å². The summed E-state index contributed by atoms with van der Waals surface area (Å²) in [6.45, 7) is 0.567. The number of carbonyl (C=O) groups excluding carboxylic acids is 1. The summed E-state index contributed by atoms with van der Waals surface area (Å²) in [7, 11) is 5.70. The number of rotatable bonds is 9. The third-order valence-electron chi connectivity index (χ3n) is 4.33. The van der Waals surface area contributed by atoms with E-state index in [0.717, 1.165) is 24.2 Å². The van der Waals surface area contributed by atoms with E-state index in [9.17, 15) is 4.79 Å². The average molecular weight is 340 g/mol. The normalized spacial score (nSPS) is 12.0. The smallest absolute Gasteiger partial charge is 0.220 e. The summed E-state index contributed by atoms with van der Waals surface area (Å²) in [4.78, 5) is 14.3. The van der Waals surface area contributed by atoms with Crippen LogP contribution in [0.3, 0.4) is 0 Å². The van der Waals surface area contributed by atoms with E-state index < -0.39 is 0 Å². The van der Waals surface area contributed by atoms with Crippen molar-refractivity contribution >= 4 is 5.91 Å². The molecule has 4 nitrogen and oxygen atoms in total. The van der Waals surface area contributed by atoms with Crippen molar-refractivity contribution in [3.8, 4) is 5.75 Å². The van der Waals surface area contributed by atoms with Crippen LogP contribution in [-0.2, 0) is 11.2 Å². The van der Waals surface area contributed by atoms with Gasteiger partial charge in [-0.3, -0.25) is 4.79 Å². The molecule has 0 aliphatic rings. The van der Waals surface area contributed by atoms with E-state index in [1.54, 1.807) is 7.11 Å². The highest BCUT2D eigenvalue weighted by Gasteiger charge is 2.18. The van der Waals surface area contributed by atoms with Crippen LogP contribution in [0.4, 0.5) is 0 Å². The molecule has 4 heteroatoms. The van der Waals surface area contributed by atoms with Crippen LogP contribution in [0.25, 0.3) is 0 Å². The molecule has 0 heterocycles. The minimum atomic E-state index is 0.0780. The number of likely N-dealkylation sites (N-methyl/N-ethyl adjacent to an activating group) is 1. The lowest BCUT2D eigenvalue weighted by molar-refractivity contribution is -0.121. The van der Waals surface area contributed by atoms with Crippen LogP contribution < -0.4 is 10.1 Å². The molecule has 2 rings (SSSR count). The molecular weight excluding hydrogens is 312 g/mol. The Morgan fingerprint density at radius 3 is 2.44 bits per heavy atom. The second-order valence-corrected chi connectivity index (χ2v) is 6.36. The summed E-state index contributed by atoms with van der Waals surface area (Å²) < 4.78 is 5.46. The number of nitrogens with zero attached hydrogens (tertiary/aromatic N) is 1. The molecule has 0 radical (unpaired) electrons. The molecule has 0 bridgehead atoms. The summed E-state index contributed by atoms with van der Waals surface area (Å²) in [6.07, 6.45) is 2.33. The van der Waals surface area contributed by atoms with Gasteiger partial charge >= 0.3 is 0 Å². The van der Waals surface area contributed by atoms with Gasteiger partial charge in [0.05, 0.1) is 13.2 Å². The standard InChI is InChI=1S/C21H28N2O2/c1-23(2)19(18-13-7-8-14-20(18)25-3)16-22-21(24)15-9-12-17-10-5-4-6-11-17/h4-8,10-11,13-14,19H,9,12,15-16H2,1-3H3,(H,22,24)/t19-/m1/s1. The summed E-state index contributed by atoms with van der Waals surface area (Å²) in [5.74, 6) is 0.942. The topological polar surface area (TPSA) is 41.6 Å². The first-order valence-corrected chi connectivity index (χ1v) is 8.71. The van der Waals surface area contributed by atoms with Gasteiger partial charge in [0.25, 0.3) is 0 Å². The minimum Gasteiger partial charge on any atom is -0.496 e. The fourth-order valence-corrected chi connectivity index (χ4v) is 2.91. The lowest BCUT2D eigenvalue weighted by Crippen LogP contribution is -2.34. The lowest BCUT2D eigenvalue weighted by atomic mass is 10.0. The fourth-order valence-electron chi connectivity index (χ4n) is 2.91. The maximum atomic E-state index is 12.2. The van der Waals surface area contributed by atoms with Gasteiger partial charge in [0.1, 0.15) is 5.75 Å². The van der Waals surface area contributed by atoms with Crippen molar-refractivity contribution in [1.82, 2.24) is 10.2 Å². The number of para-hydroxylation sites is 1. The zero-order valence-electron chi connectivity index (χ0n) is 15.4. The Balaban J connectivity index is 1.85. The van der Waals surface area contributed by atoms with Crippen molar-refractivity contribution in [2.45, 2.75) is 25.3 Å². The second-order valence-electron chi connectivity index (χ2n) is 6.36. The molecule has 25 heavy (non-hydrogen) atoms. The summed E-state index contributed by atoms with van der Waals surface area (Å²) in [5, 5.41) is 3.06. The number of hydrogen-bond donors (Lipinski definition) is 1. The zero-order chi connectivity index (χ0) is 18.1. The average Bonchev–Trinajstić information content (AvgIpc) is 2.63. The maximum Gasteiger partial charge on any atom is 0.220 e. The van der Waals surface area contributed by atoms with E-state index >= 15 is 0 Å². The van der Waals surface area contributed by atoms with Gasteiger partial charge in [-0.25, -0.2) is 0 Å². The predicted octanol–water partition coefficient (Wildman–Crippen LogP) is 3.44. The fraction of sp³-hybridized carbons (Fsp3) is 0.381. The molecular formula is C21H28N2O2. The van der Waals surface area contributed by atoms with Crippen LogP contribution in [0.1, 0.15) is 30.0 Å². The van der Waals surface area contributed by atoms with Gasteiger partial charge < -0.3 is 15.0 Å². The molecule has 1 N–H and O–H groups in total. The third kappa shape index (κ3) is 5.91. The van der Waals surface area contributed by atoms with Crippen LogP contribution >= 0.6 is 0 Å². The highest BCUT2D eigenvalue weighted by molar-refractivity contribution is 5.75. The zero-order valence-corrected chi connectivity index (χ0v) is 15.4. The van der Waals surface area contributed by atoms with Crippen molar-refractivity contribution in [2.75, 3.05) is 27.7 Å². The SMILES string of the molecule is COc1ccccc1[C@@H](CNC(=O)CCCc1ccccc1)N(C)C. The summed E-state index contributed by atoms with van der Waals surface area (Å²) >= 11 is 0. The number of benzene rings is 2. The van der Waals surface area contributed by atoms with Crippen LogP contribution in [0.5, 0.6) is 5.75 Å². The minimum absolute atomic E-state index is 0.0780. The lowest BCUT2D eigenvalue weighted by Gasteiger charge is -2.26. The van der Waals surface area contributed by atoms with Gasteiger partial charge in [-0.1, -0.05) is 48.5 Å². The molecule has 0 aromatic heterocycles. The van der Waals surface area contributed by atoms with E-state index in [-0.39, 0.29) is 11.9 Å². The molecule has 0 unspecified atom stereocenters. The Morgan fingerprint density at radius 1 is 1.08 bits per heavy atom. The largest absolute Gasteiger partial charge is 0.496 e. The molecule has 0 spiro atoms. The number of amides is 1. The Morgan fingerprint density at radius 2 is 1.76 bits per heavy atom. The van der Waals surface area contributed by atoms with E-state index in [1.807, 2.05) is 56.6 Å². The van der Waals surface area contributed by atoms with E-state index in [2.05, 4.69) is 22.3 Å². The van der Waals surface area contributed by atoms with Crippen molar-refractivity contribution in [2.24, 2.45) is 0 Å². The van der Waals surface area contributed by atoms with Gasteiger partial charge in [-0.15, -0.1) is 0 Å². The number of nitrogens with one attached hydrogen (secondary N) is 1. The monoisotopic (exact) mass is 340 g/mol. The summed E-state index contributed by atoms with van der Waals surface area (Å²) in [6, 6.07) is 18.3. The molecule has 2 aromatic carbocycles. The van der Waals surface area contributed by atoms with Gasteiger partial charge in [0.2, 0.25) is 5.91 Å². The quantitative estimate of drug-likeness (QED) is 0.760. The highest BCUT2D eigenvalue weighted by Crippen LogP contribution is 2.27. The second kappa shape index (κ2) is 9.84. The number of carbonyl (C=O) groups is 1. The van der Waals surface area contributed by atoms with E-state index in [0.29, 0.717) is 13.0 Å². The first-order chi connectivity index (χ1) is 12.1. The molecule has 2 aromatic rings. The number of ether oxygens (including phenoxy) is 1. The molecule has 134 valence electrons. The van der Waals surface area contributed by atoms with Crippen molar-refractivity contribution < 1.29 is 9.53 Å². The number of hydrogen-bond acceptors (Lipinski definition) is 3. The Kier molecular flexibility index (Phi) is 7.48. The highest BCUT2D eigenvalue weighted by atomic mass is 16.5. The van der Waals surface area contributed by atoms with Crippen LogP contribution in [0.15, 0.2) is 54.6 Å². The maximum absolute atomic E-state index is 12.2. The first-order valence-electron chi connectivity index (χ1n) is 8.71. The van der Waals surface area contributed by atoms with Crippen molar-refractivity contribution in [3.63, 3.8) is 0 Å². The molecule has 0 saturated heterocycles. The number of aryl methyl sites for hydroxylation is 1. The molecule has 0 saturated carbocycles. The van der Waals surface area contributed by atoms with E-state index in [1.165, 1.54) is 5.56 Å². The third-order valence-corrected chi connectivity index (χ3v) is 4.33. The molecule has 0 fully saturated rings.